The van der Waals surface area contributed by atoms with Crippen molar-refractivity contribution in [2.45, 2.75) is 12.8 Å². The van der Waals surface area contributed by atoms with E-state index in [1.807, 2.05) is 73.7 Å². The second-order valence-corrected chi connectivity index (χ2v) is 8.06. The molecule has 2 N–H and O–H groups in total. The monoisotopic (exact) mass is 424 g/mol. The van der Waals surface area contributed by atoms with Crippen molar-refractivity contribution in [3.05, 3.63) is 106 Å². The van der Waals surface area contributed by atoms with E-state index in [2.05, 4.69) is 11.1 Å². The first-order valence-corrected chi connectivity index (χ1v) is 10.5. The topological polar surface area (TPSA) is 67.2 Å². The molecule has 0 saturated carbocycles. The number of para-hydroxylation sites is 2. The lowest BCUT2D eigenvalue weighted by Crippen LogP contribution is -2.25. The van der Waals surface area contributed by atoms with Gasteiger partial charge in [-0.15, -0.1) is 0 Å². The fourth-order valence-corrected chi connectivity index (χ4v) is 4.63. The molecular formula is C27H24N2O3. The van der Waals surface area contributed by atoms with E-state index in [1.54, 1.807) is 18.7 Å². The third-order valence-corrected chi connectivity index (χ3v) is 6.34. The molecule has 1 unspecified atom stereocenters. The molecule has 0 amide bonds. The summed E-state index contributed by atoms with van der Waals surface area (Å²) < 4.78 is 6.94. The summed E-state index contributed by atoms with van der Waals surface area (Å²) >= 11 is 0. The van der Waals surface area contributed by atoms with Crippen molar-refractivity contribution in [3.63, 3.8) is 0 Å². The number of aromatic amines is 1. The first kappa shape index (κ1) is 19.9. The number of nitrogens with one attached hydrogen (secondary N) is 1. The number of nitrogens with zero attached hydrogens (tertiary/aromatic N) is 1. The van der Waals surface area contributed by atoms with E-state index in [9.17, 15) is 9.90 Å². The van der Waals surface area contributed by atoms with Crippen molar-refractivity contribution in [1.82, 2.24) is 9.55 Å². The number of pyridine rings is 1. The zero-order chi connectivity index (χ0) is 22.4. The third-order valence-electron chi connectivity index (χ3n) is 6.34. The lowest BCUT2D eigenvalue weighted by molar-refractivity contribution is 0.414. The van der Waals surface area contributed by atoms with Gasteiger partial charge in [0.05, 0.1) is 24.1 Å². The van der Waals surface area contributed by atoms with Crippen molar-refractivity contribution in [1.29, 1.82) is 0 Å². The number of rotatable bonds is 4. The normalized spacial score (nSPS) is 12.3. The highest BCUT2D eigenvalue weighted by atomic mass is 16.5. The molecule has 0 fully saturated rings. The Balaban J connectivity index is 1.87. The van der Waals surface area contributed by atoms with Crippen molar-refractivity contribution in [3.8, 4) is 11.5 Å². The molecule has 32 heavy (non-hydrogen) atoms. The summed E-state index contributed by atoms with van der Waals surface area (Å²) in [7, 11) is 3.37. The number of ether oxygens (including phenoxy) is 1. The number of hydrogen-bond donors (Lipinski definition) is 2. The maximum atomic E-state index is 13.6. The van der Waals surface area contributed by atoms with E-state index in [-0.39, 0.29) is 11.3 Å². The number of aryl methyl sites for hydroxylation is 2. The molecule has 0 bridgehead atoms. The van der Waals surface area contributed by atoms with Crippen molar-refractivity contribution < 1.29 is 9.84 Å². The molecule has 3 aromatic carbocycles. The summed E-state index contributed by atoms with van der Waals surface area (Å²) in [6, 6.07) is 23.1. The van der Waals surface area contributed by atoms with E-state index < -0.39 is 5.92 Å². The van der Waals surface area contributed by atoms with E-state index in [4.69, 9.17) is 4.74 Å². The number of aromatic nitrogens is 2. The molecule has 5 heteroatoms. The number of methoxy groups -OCH3 is 1. The second kappa shape index (κ2) is 7.61. The van der Waals surface area contributed by atoms with Gasteiger partial charge in [-0.05, 0) is 48.4 Å². The van der Waals surface area contributed by atoms with Gasteiger partial charge in [-0.3, -0.25) is 4.79 Å². The molecule has 160 valence electrons. The Morgan fingerprint density at radius 1 is 0.938 bits per heavy atom. The van der Waals surface area contributed by atoms with Crippen molar-refractivity contribution in [2.75, 3.05) is 7.11 Å². The first-order valence-electron chi connectivity index (χ1n) is 10.5. The predicted molar refractivity (Wildman–Crippen MR) is 128 cm³/mol. The molecule has 1 atom stereocenters. The molecule has 0 radical (unpaired) electrons. The Bertz CT molecular complexity index is 1510. The van der Waals surface area contributed by atoms with Crippen LogP contribution in [0.3, 0.4) is 0 Å². The van der Waals surface area contributed by atoms with Crippen LogP contribution in [-0.2, 0) is 7.05 Å². The van der Waals surface area contributed by atoms with Crippen molar-refractivity contribution in [2.24, 2.45) is 7.05 Å². The fraction of sp³-hybridized carbons (Fsp3) is 0.148. The molecule has 5 rings (SSSR count). The summed E-state index contributed by atoms with van der Waals surface area (Å²) in [5, 5.41) is 13.1. The Labute approximate surface area is 185 Å². The van der Waals surface area contributed by atoms with Gasteiger partial charge in [-0.25, -0.2) is 0 Å². The van der Waals surface area contributed by atoms with Gasteiger partial charge in [-0.1, -0.05) is 42.5 Å². The standard InChI is InChI=1S/C27H24N2O3/c1-16-19-8-4-6-10-21(19)28-25(16)23(17-12-14-18(32-3)15-13-17)24-26(30)20-9-5-7-11-22(20)29(2)27(24)31/h4-15,23,28,30H,1-3H3. The van der Waals surface area contributed by atoms with Crippen LogP contribution in [0.15, 0.2) is 77.6 Å². The Morgan fingerprint density at radius 2 is 1.59 bits per heavy atom. The summed E-state index contributed by atoms with van der Waals surface area (Å²) in [6.45, 7) is 2.05. The SMILES string of the molecule is COc1ccc(C(c2[nH]c3ccccc3c2C)c2c(O)c3ccccc3n(C)c2=O)cc1. The van der Waals surface area contributed by atoms with E-state index in [0.717, 1.165) is 33.5 Å². The smallest absolute Gasteiger partial charge is 0.258 e. The molecule has 0 spiro atoms. The highest BCUT2D eigenvalue weighted by Gasteiger charge is 2.29. The Kier molecular flexibility index (Phi) is 4.74. The van der Waals surface area contributed by atoms with Gasteiger partial charge in [0.15, 0.2) is 0 Å². The molecule has 0 aliphatic heterocycles. The fourth-order valence-electron chi connectivity index (χ4n) is 4.63. The molecule has 2 aromatic heterocycles. The van der Waals surface area contributed by atoms with Gasteiger partial charge in [0.1, 0.15) is 11.5 Å². The van der Waals surface area contributed by atoms with E-state index >= 15 is 0 Å². The van der Waals surface area contributed by atoms with Crippen LogP contribution < -0.4 is 10.3 Å². The van der Waals surface area contributed by atoms with Crippen LogP contribution in [-0.4, -0.2) is 21.8 Å². The molecule has 0 aliphatic rings. The minimum absolute atomic E-state index is 0.0163. The largest absolute Gasteiger partial charge is 0.507 e. The number of H-pyrrole nitrogens is 1. The van der Waals surface area contributed by atoms with Crippen LogP contribution in [0.25, 0.3) is 21.8 Å². The van der Waals surface area contributed by atoms with Crippen LogP contribution in [0.5, 0.6) is 11.5 Å². The van der Waals surface area contributed by atoms with E-state index in [1.165, 1.54) is 0 Å². The van der Waals surface area contributed by atoms with Crippen LogP contribution in [0.2, 0.25) is 0 Å². The lowest BCUT2D eigenvalue weighted by atomic mass is 9.86. The number of aromatic hydroxyl groups is 1. The Morgan fingerprint density at radius 3 is 2.28 bits per heavy atom. The van der Waals surface area contributed by atoms with Crippen LogP contribution in [0.4, 0.5) is 0 Å². The third kappa shape index (κ3) is 2.97. The second-order valence-electron chi connectivity index (χ2n) is 8.06. The van der Waals surface area contributed by atoms with Gasteiger partial charge < -0.3 is 19.4 Å². The van der Waals surface area contributed by atoms with Gasteiger partial charge in [-0.2, -0.15) is 0 Å². The van der Waals surface area contributed by atoms with Crippen LogP contribution in [0.1, 0.15) is 28.3 Å². The highest BCUT2D eigenvalue weighted by Crippen LogP contribution is 2.40. The van der Waals surface area contributed by atoms with E-state index in [0.29, 0.717) is 16.5 Å². The molecule has 2 heterocycles. The zero-order valence-corrected chi connectivity index (χ0v) is 18.2. The summed E-state index contributed by atoms with van der Waals surface area (Å²) in [5.74, 6) is 0.274. The minimum Gasteiger partial charge on any atom is -0.507 e. The quantitative estimate of drug-likeness (QED) is 0.416. The van der Waals surface area contributed by atoms with Crippen LogP contribution >= 0.6 is 0 Å². The minimum atomic E-state index is -0.475. The van der Waals surface area contributed by atoms with Gasteiger partial charge in [0.2, 0.25) is 0 Å². The molecule has 5 aromatic rings. The van der Waals surface area contributed by atoms with Crippen molar-refractivity contribution >= 4 is 21.8 Å². The maximum Gasteiger partial charge on any atom is 0.258 e. The molecular weight excluding hydrogens is 400 g/mol. The first-order chi connectivity index (χ1) is 15.5. The highest BCUT2D eigenvalue weighted by molar-refractivity contribution is 5.88. The average Bonchev–Trinajstić information content (AvgIpc) is 3.16. The maximum absolute atomic E-state index is 13.6. The Hall–Kier alpha value is -3.99. The average molecular weight is 425 g/mol. The van der Waals surface area contributed by atoms with Gasteiger partial charge in [0, 0.05) is 29.0 Å². The number of fused-ring (bicyclic) bond motifs is 2. The molecule has 0 saturated heterocycles. The number of hydrogen-bond acceptors (Lipinski definition) is 3. The van der Waals surface area contributed by atoms with Gasteiger partial charge >= 0.3 is 0 Å². The summed E-state index contributed by atoms with van der Waals surface area (Å²) in [6.07, 6.45) is 0. The number of benzene rings is 3. The lowest BCUT2D eigenvalue weighted by Gasteiger charge is -2.21. The molecule has 0 aliphatic carbocycles. The zero-order valence-electron chi connectivity index (χ0n) is 18.2. The summed E-state index contributed by atoms with van der Waals surface area (Å²) in [4.78, 5) is 17.1. The predicted octanol–water partition coefficient (Wildman–Crippen LogP) is 5.22. The van der Waals surface area contributed by atoms with Gasteiger partial charge in [0.25, 0.3) is 5.56 Å². The van der Waals surface area contributed by atoms with Crippen LogP contribution in [0, 0.1) is 6.92 Å². The summed E-state index contributed by atoms with van der Waals surface area (Å²) in [5.41, 5.74) is 4.65. The molecule has 5 nitrogen and oxygen atoms in total.